The van der Waals surface area contributed by atoms with Gasteiger partial charge in [0.2, 0.25) is 5.91 Å². The highest BCUT2D eigenvalue weighted by Gasteiger charge is 2.39. The summed E-state index contributed by atoms with van der Waals surface area (Å²) in [5.41, 5.74) is 2.19. The zero-order chi connectivity index (χ0) is 25.6. The van der Waals surface area contributed by atoms with Gasteiger partial charge < -0.3 is 14.4 Å². The number of halogens is 1. The van der Waals surface area contributed by atoms with Crippen LogP contribution in [0.2, 0.25) is 5.02 Å². The van der Waals surface area contributed by atoms with Gasteiger partial charge in [-0.05, 0) is 61.0 Å². The standard InChI is InChI=1S/C27H21ClN2O6/c1-15-11-18(8-9-21(15)30-25(32)19-5-3-4-6-20(19)26(30)33)36-27(34)16-12-24(31)29(14-16)22-13-17(28)7-10-23(22)35-2/h3-11,13,16H,12,14H2,1-2H3/t16-/m1/s1. The first-order valence-electron chi connectivity index (χ1n) is 11.2. The number of imide groups is 1. The fourth-order valence-corrected chi connectivity index (χ4v) is 4.69. The third-order valence-corrected chi connectivity index (χ3v) is 6.55. The molecule has 2 aliphatic rings. The van der Waals surface area contributed by atoms with Crippen molar-refractivity contribution in [3.63, 3.8) is 0 Å². The van der Waals surface area contributed by atoms with E-state index in [0.29, 0.717) is 38.8 Å². The molecule has 0 saturated carbocycles. The molecule has 0 spiro atoms. The van der Waals surface area contributed by atoms with E-state index >= 15 is 0 Å². The van der Waals surface area contributed by atoms with Gasteiger partial charge in [-0.25, -0.2) is 4.90 Å². The fourth-order valence-electron chi connectivity index (χ4n) is 4.52. The molecule has 2 heterocycles. The number of hydrogen-bond donors (Lipinski definition) is 0. The Labute approximate surface area is 212 Å². The molecular formula is C27H21ClN2O6. The van der Waals surface area contributed by atoms with Gasteiger partial charge in [-0.2, -0.15) is 0 Å². The number of anilines is 2. The molecule has 36 heavy (non-hydrogen) atoms. The maximum Gasteiger partial charge on any atom is 0.316 e. The molecule has 0 aromatic heterocycles. The van der Waals surface area contributed by atoms with Gasteiger partial charge in [0.1, 0.15) is 11.5 Å². The average molecular weight is 505 g/mol. The minimum Gasteiger partial charge on any atom is -0.495 e. The molecule has 3 aromatic rings. The number of ether oxygens (including phenoxy) is 2. The van der Waals surface area contributed by atoms with Crippen LogP contribution in [-0.4, -0.2) is 37.3 Å². The van der Waals surface area contributed by atoms with Gasteiger partial charge in [0, 0.05) is 18.0 Å². The first-order valence-corrected chi connectivity index (χ1v) is 11.6. The van der Waals surface area contributed by atoms with Crippen LogP contribution in [0.3, 0.4) is 0 Å². The van der Waals surface area contributed by atoms with Gasteiger partial charge in [0.05, 0.1) is 35.5 Å². The van der Waals surface area contributed by atoms with E-state index in [9.17, 15) is 19.2 Å². The summed E-state index contributed by atoms with van der Waals surface area (Å²) >= 11 is 6.09. The number of hydrogen-bond acceptors (Lipinski definition) is 6. The largest absolute Gasteiger partial charge is 0.495 e. The van der Waals surface area contributed by atoms with Crippen LogP contribution < -0.4 is 19.3 Å². The fraction of sp³-hybridized carbons (Fsp3) is 0.185. The Morgan fingerprint density at radius 3 is 2.28 bits per heavy atom. The molecule has 0 aliphatic carbocycles. The van der Waals surface area contributed by atoms with Crippen LogP contribution in [0.15, 0.2) is 60.7 Å². The van der Waals surface area contributed by atoms with Crippen molar-refractivity contribution in [2.75, 3.05) is 23.5 Å². The summed E-state index contributed by atoms with van der Waals surface area (Å²) in [6, 6.07) is 16.3. The number of rotatable bonds is 5. The van der Waals surface area contributed by atoms with Crippen LogP contribution in [0.5, 0.6) is 11.5 Å². The summed E-state index contributed by atoms with van der Waals surface area (Å²) < 4.78 is 10.9. The molecule has 0 N–H and O–H groups in total. The van der Waals surface area contributed by atoms with Crippen molar-refractivity contribution in [1.82, 2.24) is 0 Å². The number of aryl methyl sites for hydroxylation is 1. The number of carbonyl (C=O) groups excluding carboxylic acids is 4. The van der Waals surface area contributed by atoms with E-state index < -0.39 is 23.7 Å². The lowest BCUT2D eigenvalue weighted by atomic mass is 10.1. The molecule has 0 unspecified atom stereocenters. The Kier molecular flexibility index (Phi) is 5.97. The topological polar surface area (TPSA) is 93.2 Å². The first kappa shape index (κ1) is 23.6. The van der Waals surface area contributed by atoms with Crippen LogP contribution in [0, 0.1) is 12.8 Å². The molecule has 2 aliphatic heterocycles. The number of carbonyl (C=O) groups is 4. The Balaban J connectivity index is 1.31. The molecule has 3 amide bonds. The number of nitrogens with zero attached hydrogens (tertiary/aromatic N) is 2. The maximum atomic E-state index is 12.9. The summed E-state index contributed by atoms with van der Waals surface area (Å²) in [4.78, 5) is 53.8. The van der Waals surface area contributed by atoms with Gasteiger partial charge in [0.15, 0.2) is 0 Å². The minimum atomic E-state index is -0.683. The van der Waals surface area contributed by atoms with E-state index in [1.54, 1.807) is 61.5 Å². The molecule has 1 saturated heterocycles. The van der Waals surface area contributed by atoms with E-state index in [-0.39, 0.29) is 24.6 Å². The van der Waals surface area contributed by atoms with Gasteiger partial charge in [0.25, 0.3) is 11.8 Å². The lowest BCUT2D eigenvalue weighted by Gasteiger charge is -2.20. The number of esters is 1. The Morgan fingerprint density at radius 1 is 0.944 bits per heavy atom. The van der Waals surface area contributed by atoms with E-state index in [2.05, 4.69) is 0 Å². The zero-order valence-electron chi connectivity index (χ0n) is 19.5. The molecule has 8 nitrogen and oxygen atoms in total. The van der Waals surface area contributed by atoms with Crippen molar-refractivity contribution in [3.8, 4) is 11.5 Å². The van der Waals surface area contributed by atoms with Crippen LogP contribution >= 0.6 is 11.6 Å². The maximum absolute atomic E-state index is 12.9. The van der Waals surface area contributed by atoms with E-state index in [1.807, 2.05) is 0 Å². The molecule has 182 valence electrons. The second-order valence-electron chi connectivity index (χ2n) is 8.58. The van der Waals surface area contributed by atoms with Crippen molar-refractivity contribution in [1.29, 1.82) is 0 Å². The van der Waals surface area contributed by atoms with E-state index in [1.165, 1.54) is 18.1 Å². The SMILES string of the molecule is COc1ccc(Cl)cc1N1C[C@H](C(=O)Oc2ccc(N3C(=O)c4ccccc4C3=O)c(C)c2)CC1=O. The number of fused-ring (bicyclic) bond motifs is 1. The summed E-state index contributed by atoms with van der Waals surface area (Å²) in [6.07, 6.45) is -0.0133. The summed E-state index contributed by atoms with van der Waals surface area (Å²) in [5.74, 6) is -1.55. The van der Waals surface area contributed by atoms with Gasteiger partial charge in [-0.15, -0.1) is 0 Å². The van der Waals surface area contributed by atoms with Gasteiger partial charge in [-0.1, -0.05) is 23.7 Å². The second-order valence-corrected chi connectivity index (χ2v) is 9.02. The quantitative estimate of drug-likeness (QED) is 0.290. The highest BCUT2D eigenvalue weighted by molar-refractivity contribution is 6.34. The Morgan fingerprint density at radius 2 is 1.64 bits per heavy atom. The first-order chi connectivity index (χ1) is 17.3. The lowest BCUT2D eigenvalue weighted by molar-refractivity contribution is -0.139. The lowest BCUT2D eigenvalue weighted by Crippen LogP contribution is -2.30. The summed E-state index contributed by atoms with van der Waals surface area (Å²) in [7, 11) is 1.49. The number of methoxy groups -OCH3 is 1. The molecule has 3 aromatic carbocycles. The van der Waals surface area contributed by atoms with Crippen molar-refractivity contribution in [2.24, 2.45) is 5.92 Å². The third-order valence-electron chi connectivity index (χ3n) is 6.31. The second kappa shape index (κ2) is 9.13. The predicted molar refractivity (Wildman–Crippen MR) is 133 cm³/mol. The van der Waals surface area contributed by atoms with Crippen molar-refractivity contribution >= 4 is 46.7 Å². The highest BCUT2D eigenvalue weighted by atomic mass is 35.5. The molecule has 1 atom stereocenters. The van der Waals surface area contributed by atoms with Gasteiger partial charge >= 0.3 is 5.97 Å². The monoisotopic (exact) mass is 504 g/mol. The molecule has 0 radical (unpaired) electrons. The molecule has 9 heteroatoms. The Bertz CT molecular complexity index is 1400. The molecule has 1 fully saturated rings. The van der Waals surface area contributed by atoms with E-state index in [4.69, 9.17) is 21.1 Å². The summed E-state index contributed by atoms with van der Waals surface area (Å²) in [5, 5.41) is 0.443. The molecule has 0 bridgehead atoms. The van der Waals surface area contributed by atoms with Crippen molar-refractivity contribution in [3.05, 3.63) is 82.4 Å². The highest BCUT2D eigenvalue weighted by Crippen LogP contribution is 2.36. The van der Waals surface area contributed by atoms with Gasteiger partial charge in [-0.3, -0.25) is 19.2 Å². The summed E-state index contributed by atoms with van der Waals surface area (Å²) in [6.45, 7) is 1.85. The van der Waals surface area contributed by atoms with Crippen LogP contribution in [0.4, 0.5) is 11.4 Å². The third kappa shape index (κ3) is 3.99. The van der Waals surface area contributed by atoms with Crippen molar-refractivity contribution < 1.29 is 28.7 Å². The van der Waals surface area contributed by atoms with Crippen LogP contribution in [0.25, 0.3) is 0 Å². The molecule has 5 rings (SSSR count). The van der Waals surface area contributed by atoms with E-state index in [0.717, 1.165) is 4.90 Å². The number of amides is 3. The zero-order valence-corrected chi connectivity index (χ0v) is 20.2. The minimum absolute atomic E-state index is 0.0133. The Hall–Kier alpha value is -4.17. The normalized spacial score (nSPS) is 17.0. The van der Waals surface area contributed by atoms with Crippen LogP contribution in [-0.2, 0) is 9.59 Å². The van der Waals surface area contributed by atoms with Crippen molar-refractivity contribution in [2.45, 2.75) is 13.3 Å². The molecular weight excluding hydrogens is 484 g/mol. The van der Waals surface area contributed by atoms with Crippen LogP contribution in [0.1, 0.15) is 32.7 Å². The number of benzene rings is 3. The smallest absolute Gasteiger partial charge is 0.316 e. The predicted octanol–water partition coefficient (Wildman–Crippen LogP) is 4.42. The average Bonchev–Trinajstić information content (AvgIpc) is 3.37.